The van der Waals surface area contributed by atoms with Crippen LogP contribution in [0.1, 0.15) is 18.5 Å². The fourth-order valence-electron chi connectivity index (χ4n) is 4.08. The summed E-state index contributed by atoms with van der Waals surface area (Å²) in [5.41, 5.74) is 2.39. The molecule has 1 N–H and O–H groups in total. The molecule has 0 unspecified atom stereocenters. The lowest BCUT2D eigenvalue weighted by Crippen LogP contribution is -2.52. The second kappa shape index (κ2) is 10.0. The summed E-state index contributed by atoms with van der Waals surface area (Å²) in [6, 6.07) is 8.29. The first-order valence-corrected chi connectivity index (χ1v) is 11.7. The maximum Gasteiger partial charge on any atom is 0.193 e. The number of aromatic nitrogens is 1. The molecule has 7 nitrogen and oxygen atoms in total. The fraction of sp³-hybridized carbons (Fsp3) is 0.545. The average Bonchev–Trinajstić information content (AvgIpc) is 3.49. The van der Waals surface area contributed by atoms with Crippen LogP contribution in [0.5, 0.6) is 5.75 Å². The monoisotopic (exact) mass is 428 g/mol. The molecule has 2 aromatic rings. The number of guanidine groups is 1. The summed E-state index contributed by atoms with van der Waals surface area (Å²) < 4.78 is 5.36. The van der Waals surface area contributed by atoms with Gasteiger partial charge in [-0.1, -0.05) is 6.07 Å². The molecular formula is C22H32N6OS. The lowest BCUT2D eigenvalue weighted by Gasteiger charge is -2.37. The fourth-order valence-corrected chi connectivity index (χ4v) is 5.00. The van der Waals surface area contributed by atoms with Gasteiger partial charge in [-0.15, -0.1) is 11.3 Å². The Morgan fingerprint density at radius 3 is 2.67 bits per heavy atom. The molecule has 1 aromatic heterocycles. The number of nitrogens with one attached hydrogen (secondary N) is 1. The van der Waals surface area contributed by atoms with Gasteiger partial charge in [0.2, 0.25) is 0 Å². The van der Waals surface area contributed by atoms with E-state index in [1.807, 2.05) is 13.1 Å². The second-order valence-corrected chi connectivity index (χ2v) is 8.55. The van der Waals surface area contributed by atoms with Gasteiger partial charge in [-0.3, -0.25) is 4.99 Å². The molecule has 0 saturated carbocycles. The van der Waals surface area contributed by atoms with Gasteiger partial charge in [0, 0.05) is 76.4 Å². The van der Waals surface area contributed by atoms with E-state index in [-0.39, 0.29) is 0 Å². The topological polar surface area (TPSA) is 56.2 Å². The largest absolute Gasteiger partial charge is 0.497 e. The maximum absolute atomic E-state index is 5.36. The summed E-state index contributed by atoms with van der Waals surface area (Å²) in [6.07, 6.45) is 3.50. The van der Waals surface area contributed by atoms with Crippen LogP contribution in [-0.2, 0) is 6.42 Å². The summed E-state index contributed by atoms with van der Waals surface area (Å²) in [5.74, 6) is 1.89. The Bertz CT molecular complexity index is 840. The first kappa shape index (κ1) is 20.8. The summed E-state index contributed by atoms with van der Waals surface area (Å²) in [7, 11) is 3.58. The molecule has 4 rings (SSSR count). The van der Waals surface area contributed by atoms with E-state index in [0.29, 0.717) is 0 Å². The van der Waals surface area contributed by atoms with Crippen molar-refractivity contribution in [2.45, 2.75) is 19.3 Å². The van der Waals surface area contributed by atoms with Crippen molar-refractivity contribution in [2.75, 3.05) is 69.8 Å². The highest BCUT2D eigenvalue weighted by Gasteiger charge is 2.20. The summed E-state index contributed by atoms with van der Waals surface area (Å²) in [6.45, 7) is 7.00. The molecule has 3 heterocycles. The average molecular weight is 429 g/mol. The van der Waals surface area contributed by atoms with Crippen LogP contribution in [0.15, 0.2) is 34.6 Å². The predicted octanol–water partition coefficient (Wildman–Crippen LogP) is 2.69. The number of piperazine rings is 1. The molecule has 0 spiro atoms. The Kier molecular flexibility index (Phi) is 6.94. The van der Waals surface area contributed by atoms with Gasteiger partial charge in [0.25, 0.3) is 0 Å². The molecule has 0 amide bonds. The lowest BCUT2D eigenvalue weighted by atomic mass is 10.2. The minimum atomic E-state index is 0.853. The van der Waals surface area contributed by atoms with Crippen LogP contribution < -0.4 is 19.9 Å². The van der Waals surface area contributed by atoms with Crippen molar-refractivity contribution >= 4 is 28.1 Å². The molecule has 30 heavy (non-hydrogen) atoms. The number of benzene rings is 1. The third-order valence-corrected chi connectivity index (χ3v) is 6.74. The van der Waals surface area contributed by atoms with Crippen molar-refractivity contribution in [3.05, 3.63) is 35.3 Å². The number of aliphatic imine (C=N–C) groups is 1. The molecule has 8 heteroatoms. The third-order valence-electron chi connectivity index (χ3n) is 5.79. The number of thiazole rings is 1. The van der Waals surface area contributed by atoms with Gasteiger partial charge in [0.05, 0.1) is 12.8 Å². The molecule has 0 radical (unpaired) electrons. The zero-order valence-electron chi connectivity index (χ0n) is 18.0. The molecule has 1 aromatic carbocycles. The van der Waals surface area contributed by atoms with Crippen LogP contribution >= 0.6 is 11.3 Å². The maximum atomic E-state index is 5.36. The normalized spacial score (nSPS) is 17.5. The van der Waals surface area contributed by atoms with Crippen molar-refractivity contribution in [2.24, 2.45) is 4.99 Å². The van der Waals surface area contributed by atoms with Gasteiger partial charge in [0.1, 0.15) is 5.75 Å². The minimum Gasteiger partial charge on any atom is -0.497 e. The molecular weight excluding hydrogens is 396 g/mol. The Balaban J connectivity index is 1.24. The zero-order valence-corrected chi connectivity index (χ0v) is 18.8. The van der Waals surface area contributed by atoms with Crippen LogP contribution in [0.2, 0.25) is 0 Å². The van der Waals surface area contributed by atoms with Crippen LogP contribution in [0.4, 0.5) is 10.8 Å². The highest BCUT2D eigenvalue weighted by Crippen LogP contribution is 2.24. The van der Waals surface area contributed by atoms with E-state index >= 15 is 0 Å². The van der Waals surface area contributed by atoms with Gasteiger partial charge < -0.3 is 24.8 Å². The first-order chi connectivity index (χ1) is 14.8. The molecule has 2 aliphatic heterocycles. The highest BCUT2D eigenvalue weighted by atomic mass is 32.1. The first-order valence-electron chi connectivity index (χ1n) is 10.8. The van der Waals surface area contributed by atoms with Crippen LogP contribution in [0.25, 0.3) is 0 Å². The van der Waals surface area contributed by atoms with E-state index in [0.717, 1.165) is 63.9 Å². The van der Waals surface area contributed by atoms with Crippen LogP contribution in [0, 0.1) is 0 Å². The Labute approximate surface area is 183 Å². The van der Waals surface area contributed by atoms with E-state index in [9.17, 15) is 0 Å². The van der Waals surface area contributed by atoms with Crippen molar-refractivity contribution in [3.8, 4) is 5.75 Å². The summed E-state index contributed by atoms with van der Waals surface area (Å²) in [5, 5.41) is 6.91. The molecule has 2 saturated heterocycles. The van der Waals surface area contributed by atoms with E-state index in [4.69, 9.17) is 9.72 Å². The van der Waals surface area contributed by atoms with Crippen LogP contribution in [0.3, 0.4) is 0 Å². The molecule has 2 fully saturated rings. The Morgan fingerprint density at radius 2 is 1.93 bits per heavy atom. The quantitative estimate of drug-likeness (QED) is 0.564. The minimum absolute atomic E-state index is 0.853. The lowest BCUT2D eigenvalue weighted by molar-refractivity contribution is 0.372. The van der Waals surface area contributed by atoms with Gasteiger partial charge >= 0.3 is 0 Å². The number of anilines is 2. The number of rotatable bonds is 6. The van der Waals surface area contributed by atoms with Gasteiger partial charge in [-0.05, 0) is 25.0 Å². The molecule has 0 atom stereocenters. The smallest absolute Gasteiger partial charge is 0.193 e. The van der Waals surface area contributed by atoms with Crippen LogP contribution in [-0.4, -0.2) is 75.8 Å². The Morgan fingerprint density at radius 1 is 1.13 bits per heavy atom. The number of hydrogen-bond donors (Lipinski definition) is 1. The van der Waals surface area contributed by atoms with Crippen molar-refractivity contribution < 1.29 is 4.74 Å². The summed E-state index contributed by atoms with van der Waals surface area (Å²) >= 11 is 1.77. The number of nitrogens with zero attached hydrogens (tertiary/aromatic N) is 5. The molecule has 0 aliphatic carbocycles. The number of methoxy groups -OCH3 is 1. The van der Waals surface area contributed by atoms with E-state index < -0.39 is 0 Å². The van der Waals surface area contributed by atoms with Gasteiger partial charge in [-0.2, -0.15) is 0 Å². The van der Waals surface area contributed by atoms with Gasteiger partial charge in [0.15, 0.2) is 11.1 Å². The number of ether oxygens (including phenoxy) is 1. The van der Waals surface area contributed by atoms with Crippen molar-refractivity contribution in [3.63, 3.8) is 0 Å². The van der Waals surface area contributed by atoms with Gasteiger partial charge in [-0.25, -0.2) is 4.98 Å². The predicted molar refractivity (Wildman–Crippen MR) is 125 cm³/mol. The molecule has 2 aliphatic rings. The third kappa shape index (κ3) is 4.98. The van der Waals surface area contributed by atoms with E-state index in [2.05, 4.69) is 48.6 Å². The SMILES string of the molecule is CN=C(NCCc1csc(N2CCCC2)n1)N1CCN(c2cccc(OC)c2)CC1. The van der Waals surface area contributed by atoms with E-state index in [1.54, 1.807) is 18.4 Å². The molecule has 0 bridgehead atoms. The van der Waals surface area contributed by atoms with Crippen molar-refractivity contribution in [1.29, 1.82) is 0 Å². The second-order valence-electron chi connectivity index (χ2n) is 7.72. The Hall–Kier alpha value is -2.48. The zero-order chi connectivity index (χ0) is 20.8. The highest BCUT2D eigenvalue weighted by molar-refractivity contribution is 7.13. The van der Waals surface area contributed by atoms with E-state index in [1.165, 1.54) is 29.4 Å². The standard InChI is InChI=1S/C22H32N6OS/c1-23-21(24-9-8-18-17-30-22(25-18)28-10-3-4-11-28)27-14-12-26(13-15-27)19-6-5-7-20(16-19)29-2/h5-7,16-17H,3-4,8-15H2,1-2H3,(H,23,24). The summed E-state index contributed by atoms with van der Waals surface area (Å²) in [4.78, 5) is 16.5. The number of hydrogen-bond acceptors (Lipinski definition) is 6. The molecule has 162 valence electrons. The van der Waals surface area contributed by atoms with Crippen molar-refractivity contribution in [1.82, 2.24) is 15.2 Å².